The van der Waals surface area contributed by atoms with Crippen molar-refractivity contribution in [2.45, 2.75) is 50.2 Å². The first kappa shape index (κ1) is 11.3. The quantitative estimate of drug-likeness (QED) is 0.592. The normalized spacial score (nSPS) is 40.5. The largest absolute Gasteiger partial charge is 0.366 e. The monoisotopic (exact) mass is 229 g/mol. The van der Waals surface area contributed by atoms with Gasteiger partial charge >= 0.3 is 0 Å². The summed E-state index contributed by atoms with van der Waals surface area (Å²) in [5.41, 5.74) is 0.113. The minimum absolute atomic E-state index is 0.113. The molecule has 0 radical (unpaired) electrons. The molecular weight excluding hydrogens is 210 g/mol. The molecule has 0 spiro atoms. The van der Waals surface area contributed by atoms with E-state index in [4.69, 9.17) is 4.74 Å². The molecule has 1 saturated heterocycles. The number of rotatable bonds is 3. The van der Waals surface area contributed by atoms with E-state index in [1.54, 1.807) is 11.8 Å². The van der Waals surface area contributed by atoms with Gasteiger partial charge in [0.05, 0.1) is 17.1 Å². The lowest BCUT2D eigenvalue weighted by atomic mass is 9.82. The second-order valence-electron chi connectivity index (χ2n) is 4.78. The van der Waals surface area contributed by atoms with Crippen LogP contribution in [0.1, 0.15) is 33.1 Å². The van der Waals surface area contributed by atoms with E-state index in [0.717, 1.165) is 19.3 Å². The number of epoxide rings is 1. The van der Waals surface area contributed by atoms with E-state index in [-0.39, 0.29) is 22.8 Å². The highest BCUT2D eigenvalue weighted by Crippen LogP contribution is 2.49. The molecule has 1 N–H and O–H groups in total. The molecule has 1 amide bonds. The molecule has 1 aliphatic carbocycles. The smallest absolute Gasteiger partial charge is 0.224 e. The second-order valence-corrected chi connectivity index (χ2v) is 5.96. The maximum atomic E-state index is 11.9. The van der Waals surface area contributed by atoms with Crippen LogP contribution in [-0.2, 0) is 9.53 Å². The minimum atomic E-state index is 0.113. The molecule has 2 rings (SSSR count). The first-order chi connectivity index (χ1) is 7.05. The van der Waals surface area contributed by atoms with Crippen LogP contribution < -0.4 is 5.32 Å². The fraction of sp³-hybridized carbons (Fsp3) is 0.909. The average molecular weight is 229 g/mol. The Morgan fingerprint density at radius 1 is 1.67 bits per heavy atom. The van der Waals surface area contributed by atoms with Gasteiger partial charge in [0.1, 0.15) is 0 Å². The second kappa shape index (κ2) is 3.98. The predicted octanol–water partition coefficient (Wildman–Crippen LogP) is 1.77. The number of nitrogens with one attached hydrogen (secondary N) is 1. The van der Waals surface area contributed by atoms with E-state index in [1.165, 1.54) is 0 Å². The van der Waals surface area contributed by atoms with Gasteiger partial charge in [-0.2, -0.15) is 0 Å². The summed E-state index contributed by atoms with van der Waals surface area (Å²) in [6.07, 6.45) is 5.26. The number of fused-ring (bicyclic) bond motifs is 1. The van der Waals surface area contributed by atoms with Crippen molar-refractivity contribution < 1.29 is 9.53 Å². The zero-order chi connectivity index (χ0) is 11.1. The molecule has 2 fully saturated rings. The average Bonchev–Trinajstić information content (AvgIpc) is 2.87. The molecule has 15 heavy (non-hydrogen) atoms. The highest BCUT2D eigenvalue weighted by molar-refractivity contribution is 7.99. The Balaban J connectivity index is 1.82. The van der Waals surface area contributed by atoms with E-state index in [2.05, 4.69) is 12.2 Å². The standard InChI is InChI=1S/C11H19NO2S/c1-7(15-3)12-10(13)8-4-5-11(2)9(6-8)14-11/h7-9H,4-6H2,1-3H3,(H,12,13). The topological polar surface area (TPSA) is 41.6 Å². The molecule has 86 valence electrons. The first-order valence-electron chi connectivity index (χ1n) is 5.56. The van der Waals surface area contributed by atoms with Gasteiger partial charge in [-0.05, 0) is 39.4 Å². The van der Waals surface area contributed by atoms with Gasteiger partial charge in [-0.15, -0.1) is 11.8 Å². The maximum absolute atomic E-state index is 11.9. The first-order valence-corrected chi connectivity index (χ1v) is 6.85. The summed E-state index contributed by atoms with van der Waals surface area (Å²) >= 11 is 1.66. The van der Waals surface area contributed by atoms with Crippen LogP contribution in [0.2, 0.25) is 0 Å². The van der Waals surface area contributed by atoms with Gasteiger partial charge in [0, 0.05) is 5.92 Å². The van der Waals surface area contributed by atoms with Crippen LogP contribution in [0.4, 0.5) is 0 Å². The van der Waals surface area contributed by atoms with Crippen LogP contribution in [0.5, 0.6) is 0 Å². The van der Waals surface area contributed by atoms with E-state index in [1.807, 2.05) is 13.2 Å². The van der Waals surface area contributed by atoms with Gasteiger partial charge < -0.3 is 10.1 Å². The Bertz CT molecular complexity index is 271. The number of carbonyl (C=O) groups is 1. The molecule has 0 aromatic carbocycles. The van der Waals surface area contributed by atoms with Crippen molar-refractivity contribution in [2.24, 2.45) is 5.92 Å². The van der Waals surface area contributed by atoms with Gasteiger partial charge in [-0.3, -0.25) is 4.79 Å². The van der Waals surface area contributed by atoms with Crippen molar-refractivity contribution in [3.8, 4) is 0 Å². The summed E-state index contributed by atoms with van der Waals surface area (Å²) < 4.78 is 5.59. The highest BCUT2D eigenvalue weighted by Gasteiger charge is 2.56. The Morgan fingerprint density at radius 2 is 2.40 bits per heavy atom. The summed E-state index contributed by atoms with van der Waals surface area (Å²) in [5.74, 6) is 0.370. The third-order valence-corrected chi connectivity index (χ3v) is 4.42. The van der Waals surface area contributed by atoms with Crippen molar-refractivity contribution in [3.05, 3.63) is 0 Å². The molecule has 1 heterocycles. The van der Waals surface area contributed by atoms with Crippen LogP contribution in [0, 0.1) is 5.92 Å². The van der Waals surface area contributed by atoms with Gasteiger partial charge in [0.2, 0.25) is 5.91 Å². The zero-order valence-electron chi connectivity index (χ0n) is 9.58. The Labute approximate surface area is 95.3 Å². The fourth-order valence-electron chi connectivity index (χ4n) is 2.26. The van der Waals surface area contributed by atoms with Crippen LogP contribution in [0.15, 0.2) is 0 Å². The Hall–Kier alpha value is -0.220. The van der Waals surface area contributed by atoms with E-state index in [9.17, 15) is 4.79 Å². The van der Waals surface area contributed by atoms with Crippen molar-refractivity contribution in [1.82, 2.24) is 5.32 Å². The number of carbonyl (C=O) groups excluding carboxylic acids is 1. The van der Waals surface area contributed by atoms with Gasteiger partial charge in [-0.1, -0.05) is 0 Å². The Morgan fingerprint density at radius 3 is 3.00 bits per heavy atom. The summed E-state index contributed by atoms with van der Waals surface area (Å²) in [7, 11) is 0. The summed E-state index contributed by atoms with van der Waals surface area (Å²) in [5, 5.41) is 3.23. The van der Waals surface area contributed by atoms with Crippen LogP contribution >= 0.6 is 11.8 Å². The van der Waals surface area contributed by atoms with E-state index < -0.39 is 0 Å². The van der Waals surface area contributed by atoms with Crippen molar-refractivity contribution in [1.29, 1.82) is 0 Å². The minimum Gasteiger partial charge on any atom is -0.366 e. The van der Waals surface area contributed by atoms with Crippen LogP contribution in [0.25, 0.3) is 0 Å². The predicted molar refractivity (Wildman–Crippen MR) is 61.7 cm³/mol. The zero-order valence-corrected chi connectivity index (χ0v) is 10.4. The molecule has 4 atom stereocenters. The molecule has 2 aliphatic rings. The molecule has 1 saturated carbocycles. The maximum Gasteiger partial charge on any atom is 0.224 e. The third kappa shape index (κ3) is 2.31. The van der Waals surface area contributed by atoms with Gasteiger partial charge in [-0.25, -0.2) is 0 Å². The molecule has 0 bridgehead atoms. The SMILES string of the molecule is CSC(C)NC(=O)C1CCC2(C)OC2C1. The van der Waals surface area contributed by atoms with E-state index in [0.29, 0.717) is 6.10 Å². The number of amides is 1. The van der Waals surface area contributed by atoms with Crippen LogP contribution in [-0.4, -0.2) is 29.2 Å². The highest BCUT2D eigenvalue weighted by atomic mass is 32.2. The van der Waals surface area contributed by atoms with E-state index >= 15 is 0 Å². The van der Waals surface area contributed by atoms with Crippen molar-refractivity contribution in [2.75, 3.05) is 6.26 Å². The molecule has 1 aliphatic heterocycles. The molecule has 4 heteroatoms. The number of ether oxygens (including phenoxy) is 1. The molecule has 0 aromatic rings. The summed E-state index contributed by atoms with van der Waals surface area (Å²) in [6.45, 7) is 4.17. The molecule has 3 nitrogen and oxygen atoms in total. The van der Waals surface area contributed by atoms with Gasteiger partial charge in [0.15, 0.2) is 0 Å². The third-order valence-electron chi connectivity index (χ3n) is 3.59. The lowest BCUT2D eigenvalue weighted by molar-refractivity contribution is -0.125. The fourth-order valence-corrected chi connectivity index (χ4v) is 2.49. The molecular formula is C11H19NO2S. The van der Waals surface area contributed by atoms with Gasteiger partial charge in [0.25, 0.3) is 0 Å². The van der Waals surface area contributed by atoms with Crippen LogP contribution in [0.3, 0.4) is 0 Å². The lowest BCUT2D eigenvalue weighted by Crippen LogP contribution is -2.38. The Kier molecular flexibility index (Phi) is 2.99. The lowest BCUT2D eigenvalue weighted by Gasteiger charge is -2.23. The molecule has 0 aromatic heterocycles. The number of hydrogen-bond donors (Lipinski definition) is 1. The summed E-state index contributed by atoms with van der Waals surface area (Å²) in [4.78, 5) is 11.9. The summed E-state index contributed by atoms with van der Waals surface area (Å²) in [6, 6.07) is 0. The number of hydrogen-bond acceptors (Lipinski definition) is 3. The number of thioether (sulfide) groups is 1. The molecule has 4 unspecified atom stereocenters. The van der Waals surface area contributed by atoms with Crippen molar-refractivity contribution in [3.63, 3.8) is 0 Å². The van der Waals surface area contributed by atoms with Crippen molar-refractivity contribution >= 4 is 17.7 Å².